The molecule has 0 spiro atoms. The number of aryl methyl sites for hydroxylation is 1. The molecular weight excluding hydrogens is 281 g/mol. The Bertz CT molecular complexity index is 1010. The van der Waals surface area contributed by atoms with E-state index in [1.807, 2.05) is 37.3 Å². The minimum atomic E-state index is -0.346. The van der Waals surface area contributed by atoms with Crippen molar-refractivity contribution in [1.82, 2.24) is 9.90 Å². The number of fused-ring (bicyclic) bond motifs is 3. The maximum atomic E-state index is 13.1. The van der Waals surface area contributed by atoms with Gasteiger partial charge in [-0.2, -0.15) is 0 Å². The number of para-hydroxylation sites is 1. The third-order valence-electron chi connectivity index (χ3n) is 3.80. The number of benzene rings is 2. The number of rotatable bonds is 1. The maximum absolute atomic E-state index is 13.1. The van der Waals surface area contributed by atoms with E-state index in [4.69, 9.17) is 0 Å². The van der Waals surface area contributed by atoms with E-state index in [0.717, 1.165) is 16.5 Å². The monoisotopic (exact) mass is 293 g/mol. The van der Waals surface area contributed by atoms with Crippen molar-refractivity contribution in [3.63, 3.8) is 0 Å². The summed E-state index contributed by atoms with van der Waals surface area (Å²) >= 11 is 0. The quantitative estimate of drug-likeness (QED) is 0.505. The van der Waals surface area contributed by atoms with Crippen LogP contribution in [-0.2, 0) is 0 Å². The molecule has 0 saturated carbocycles. The third kappa shape index (κ3) is 1.75. The fourth-order valence-electron chi connectivity index (χ4n) is 2.70. The van der Waals surface area contributed by atoms with Gasteiger partial charge in [0.2, 0.25) is 0 Å². The van der Waals surface area contributed by atoms with Crippen LogP contribution in [0.2, 0.25) is 0 Å². The number of hydrogen-bond donors (Lipinski definition) is 0. The first-order valence-corrected chi connectivity index (χ1v) is 6.91. The van der Waals surface area contributed by atoms with Crippen molar-refractivity contribution < 1.29 is 14.0 Å². The van der Waals surface area contributed by atoms with Crippen molar-refractivity contribution in [3.8, 4) is 11.6 Å². The van der Waals surface area contributed by atoms with Crippen LogP contribution in [0, 0.1) is 12.7 Å². The van der Waals surface area contributed by atoms with Crippen LogP contribution in [0.25, 0.3) is 22.1 Å². The first kappa shape index (κ1) is 12.8. The normalized spacial score (nSPS) is 11.4. The van der Waals surface area contributed by atoms with Crippen LogP contribution in [0.5, 0.6) is 5.88 Å². The zero-order valence-corrected chi connectivity index (χ0v) is 11.8. The van der Waals surface area contributed by atoms with Crippen molar-refractivity contribution in [1.29, 1.82) is 0 Å². The second-order valence-electron chi connectivity index (χ2n) is 5.22. The van der Waals surface area contributed by atoms with Gasteiger partial charge in [-0.05, 0) is 48.9 Å². The van der Waals surface area contributed by atoms with E-state index < -0.39 is 0 Å². The van der Waals surface area contributed by atoms with Crippen LogP contribution in [0.1, 0.15) is 5.56 Å². The van der Waals surface area contributed by atoms with Gasteiger partial charge < -0.3 is 5.11 Å². The van der Waals surface area contributed by atoms with Gasteiger partial charge in [-0.3, -0.25) is 0 Å². The number of halogens is 1. The smallest absolute Gasteiger partial charge is 0.191 e. The van der Waals surface area contributed by atoms with Crippen LogP contribution in [0.3, 0.4) is 0 Å². The summed E-state index contributed by atoms with van der Waals surface area (Å²) in [6.07, 6.45) is 0. The lowest BCUT2D eigenvalue weighted by Crippen LogP contribution is -2.26. The van der Waals surface area contributed by atoms with Crippen molar-refractivity contribution in [2.45, 2.75) is 6.92 Å². The molecule has 0 bridgehead atoms. The highest BCUT2D eigenvalue weighted by molar-refractivity contribution is 5.81. The molecule has 22 heavy (non-hydrogen) atoms. The van der Waals surface area contributed by atoms with Crippen molar-refractivity contribution >= 4 is 16.4 Å². The van der Waals surface area contributed by atoms with Crippen molar-refractivity contribution in [2.24, 2.45) is 0 Å². The maximum Gasteiger partial charge on any atom is 0.191 e. The highest BCUT2D eigenvalue weighted by Crippen LogP contribution is 2.22. The number of nitrogens with zero attached hydrogens (tertiary/aromatic N) is 3. The molecule has 4 rings (SSSR count). The zero-order chi connectivity index (χ0) is 15.3. The second kappa shape index (κ2) is 4.53. The SMILES string of the molecule is Cc1cc2c([O-])n(-c3ccc(F)cc3)n[n+]2c2ccccc12. The van der Waals surface area contributed by atoms with Gasteiger partial charge in [-0.25, -0.2) is 4.39 Å². The number of pyridine rings is 1. The van der Waals surface area contributed by atoms with Gasteiger partial charge in [-0.1, -0.05) is 22.7 Å². The average molecular weight is 293 g/mol. The molecule has 108 valence electrons. The molecule has 2 heterocycles. The molecule has 0 aliphatic heterocycles. The molecule has 0 saturated heterocycles. The zero-order valence-electron chi connectivity index (χ0n) is 11.8. The second-order valence-corrected chi connectivity index (χ2v) is 5.22. The summed E-state index contributed by atoms with van der Waals surface area (Å²) < 4.78 is 16.0. The molecule has 5 heteroatoms. The first-order chi connectivity index (χ1) is 10.6. The standard InChI is InChI=1S/C17H12FN3O/c1-11-10-16-17(22)20(13-8-6-12(18)7-9-13)19-21(16)15-5-3-2-4-14(11)15/h2-10H,1H3. The minimum absolute atomic E-state index is 0.222. The molecule has 0 atom stereocenters. The lowest BCUT2D eigenvalue weighted by Gasteiger charge is -2.02. The molecule has 0 N–H and O–H groups in total. The Morgan fingerprint density at radius 3 is 2.55 bits per heavy atom. The van der Waals surface area contributed by atoms with Gasteiger partial charge in [0.15, 0.2) is 16.7 Å². The highest BCUT2D eigenvalue weighted by Gasteiger charge is 2.18. The molecule has 0 fully saturated rings. The predicted molar refractivity (Wildman–Crippen MR) is 78.4 cm³/mol. The lowest BCUT2D eigenvalue weighted by molar-refractivity contribution is -0.556. The Labute approximate surface area is 125 Å². The molecule has 4 aromatic rings. The number of aromatic nitrogens is 3. The van der Waals surface area contributed by atoms with Crippen molar-refractivity contribution in [2.75, 3.05) is 0 Å². The largest absolute Gasteiger partial charge is 0.837 e. The van der Waals surface area contributed by atoms with Crippen molar-refractivity contribution in [3.05, 3.63) is 66.0 Å². The van der Waals surface area contributed by atoms with E-state index in [9.17, 15) is 9.50 Å². The number of hydrogen-bond acceptors (Lipinski definition) is 2. The average Bonchev–Trinajstić information content (AvgIpc) is 2.86. The Morgan fingerprint density at radius 2 is 1.77 bits per heavy atom. The molecular formula is C17H12FN3O. The van der Waals surface area contributed by atoms with Gasteiger partial charge in [0.05, 0.1) is 0 Å². The van der Waals surface area contributed by atoms with E-state index in [1.165, 1.54) is 28.9 Å². The van der Waals surface area contributed by atoms with Crippen LogP contribution in [0.15, 0.2) is 54.6 Å². The Balaban J connectivity index is 2.08. The van der Waals surface area contributed by atoms with E-state index in [-0.39, 0.29) is 11.7 Å². The van der Waals surface area contributed by atoms with Gasteiger partial charge in [0.25, 0.3) is 0 Å². The first-order valence-electron chi connectivity index (χ1n) is 6.91. The molecule has 2 aromatic carbocycles. The molecule has 0 unspecified atom stereocenters. The van der Waals surface area contributed by atoms with Crippen LogP contribution in [0.4, 0.5) is 4.39 Å². The van der Waals surface area contributed by atoms with E-state index in [1.54, 1.807) is 4.52 Å². The Kier molecular flexibility index (Phi) is 2.63. The molecule has 2 aromatic heterocycles. The van der Waals surface area contributed by atoms with Gasteiger partial charge in [-0.15, -0.1) is 4.68 Å². The fraction of sp³-hybridized carbons (Fsp3) is 0.0588. The highest BCUT2D eigenvalue weighted by atomic mass is 19.1. The van der Waals surface area contributed by atoms with Gasteiger partial charge in [0.1, 0.15) is 16.9 Å². The third-order valence-corrected chi connectivity index (χ3v) is 3.80. The van der Waals surface area contributed by atoms with E-state index >= 15 is 0 Å². The molecule has 0 aliphatic rings. The summed E-state index contributed by atoms with van der Waals surface area (Å²) in [6, 6.07) is 15.3. The lowest BCUT2D eigenvalue weighted by atomic mass is 10.1. The van der Waals surface area contributed by atoms with E-state index in [0.29, 0.717) is 11.2 Å². The van der Waals surface area contributed by atoms with Crippen LogP contribution < -0.4 is 9.62 Å². The minimum Gasteiger partial charge on any atom is -0.837 e. The fourth-order valence-corrected chi connectivity index (χ4v) is 2.70. The van der Waals surface area contributed by atoms with E-state index in [2.05, 4.69) is 5.21 Å². The molecule has 0 aliphatic carbocycles. The predicted octanol–water partition coefficient (Wildman–Crippen LogP) is 2.29. The van der Waals surface area contributed by atoms with Gasteiger partial charge in [0, 0.05) is 5.39 Å². The molecule has 4 nitrogen and oxygen atoms in total. The summed E-state index contributed by atoms with van der Waals surface area (Å²) in [5.74, 6) is -0.567. The summed E-state index contributed by atoms with van der Waals surface area (Å²) in [7, 11) is 0. The van der Waals surface area contributed by atoms with Crippen LogP contribution in [-0.4, -0.2) is 9.90 Å². The molecule has 0 amide bonds. The molecule has 0 radical (unpaired) electrons. The summed E-state index contributed by atoms with van der Waals surface area (Å²) in [4.78, 5) is 0. The van der Waals surface area contributed by atoms with Gasteiger partial charge >= 0.3 is 0 Å². The Hall–Kier alpha value is -2.95. The van der Waals surface area contributed by atoms with Crippen LogP contribution >= 0.6 is 0 Å². The summed E-state index contributed by atoms with van der Waals surface area (Å²) in [5, 5.41) is 18.0. The summed E-state index contributed by atoms with van der Waals surface area (Å²) in [5.41, 5.74) is 2.93. The summed E-state index contributed by atoms with van der Waals surface area (Å²) in [6.45, 7) is 1.97. The topological polar surface area (TPSA) is 45.0 Å². The Morgan fingerprint density at radius 1 is 1.05 bits per heavy atom.